The Labute approximate surface area is 201 Å². The van der Waals surface area contributed by atoms with E-state index in [0.717, 1.165) is 68.5 Å². The van der Waals surface area contributed by atoms with E-state index < -0.39 is 0 Å². The molecule has 0 aliphatic carbocycles. The Bertz CT molecular complexity index is 934. The van der Waals surface area contributed by atoms with Crippen LogP contribution in [0.1, 0.15) is 12.8 Å². The van der Waals surface area contributed by atoms with Crippen molar-refractivity contribution in [3.8, 4) is 5.75 Å². The topological polar surface area (TPSA) is 85.9 Å². The predicted octanol–water partition coefficient (Wildman–Crippen LogP) is 2.14. The molecule has 2 amide bonds. The van der Waals surface area contributed by atoms with E-state index in [9.17, 15) is 4.79 Å². The highest BCUT2D eigenvalue weighted by molar-refractivity contribution is 5.89. The number of carbonyl (C=O) groups is 1. The van der Waals surface area contributed by atoms with E-state index in [1.807, 2.05) is 42.7 Å². The smallest absolute Gasteiger partial charge is 0.319 e. The zero-order valence-corrected chi connectivity index (χ0v) is 19.9. The molecule has 9 nitrogen and oxygen atoms in total. The lowest BCUT2D eigenvalue weighted by atomic mass is 9.75. The van der Waals surface area contributed by atoms with Gasteiger partial charge in [-0.15, -0.1) is 0 Å². The number of hydrogen-bond donors (Lipinski definition) is 2. The number of aromatic nitrogens is 2. The number of nitrogens with zero attached hydrogens (tertiary/aromatic N) is 5. The molecule has 182 valence electrons. The molecule has 5 heterocycles. The van der Waals surface area contributed by atoms with E-state index in [1.165, 1.54) is 19.4 Å². The second kappa shape index (κ2) is 10.6. The first kappa shape index (κ1) is 22.9. The van der Waals surface area contributed by atoms with Crippen molar-refractivity contribution in [2.45, 2.75) is 18.9 Å². The molecule has 1 aromatic carbocycles. The summed E-state index contributed by atoms with van der Waals surface area (Å²) >= 11 is 0. The molecule has 4 atom stereocenters. The van der Waals surface area contributed by atoms with Crippen LogP contribution >= 0.6 is 0 Å². The average molecular weight is 466 g/mol. The Hall–Kier alpha value is -2.91. The maximum atomic E-state index is 12.4. The fraction of sp³-hybridized carbons (Fsp3) is 0.560. The van der Waals surface area contributed by atoms with E-state index in [1.54, 1.807) is 7.11 Å². The molecule has 2 N–H and O–H groups in total. The van der Waals surface area contributed by atoms with Crippen molar-refractivity contribution < 1.29 is 9.53 Å². The largest absolute Gasteiger partial charge is 0.497 e. The van der Waals surface area contributed by atoms with Gasteiger partial charge < -0.3 is 20.3 Å². The minimum atomic E-state index is -0.148. The van der Waals surface area contributed by atoms with Crippen LogP contribution in [-0.4, -0.2) is 91.3 Å². The molecule has 4 saturated heterocycles. The molecular weight excluding hydrogens is 430 g/mol. The van der Waals surface area contributed by atoms with Crippen LogP contribution in [0, 0.1) is 11.8 Å². The van der Waals surface area contributed by atoms with Gasteiger partial charge in [-0.1, -0.05) is 0 Å². The number of rotatable bonds is 7. The van der Waals surface area contributed by atoms with Gasteiger partial charge >= 0.3 is 6.03 Å². The lowest BCUT2D eigenvalue weighted by Gasteiger charge is -2.51. The number of carbonyl (C=O) groups excluding carboxylic acids is 1. The number of fused-ring (bicyclic) bond motifs is 3. The van der Waals surface area contributed by atoms with Gasteiger partial charge in [-0.3, -0.25) is 9.80 Å². The Balaban J connectivity index is 1.05. The number of urea groups is 1. The Morgan fingerprint density at radius 3 is 2.53 bits per heavy atom. The Kier molecular flexibility index (Phi) is 7.10. The molecule has 2 aromatic rings. The molecule has 34 heavy (non-hydrogen) atoms. The minimum absolute atomic E-state index is 0.148. The third-order valence-electron chi connectivity index (χ3n) is 7.56. The van der Waals surface area contributed by atoms with E-state index in [-0.39, 0.29) is 6.03 Å². The van der Waals surface area contributed by atoms with Crippen LogP contribution < -0.4 is 20.3 Å². The van der Waals surface area contributed by atoms with Crippen molar-refractivity contribution in [1.82, 2.24) is 25.1 Å². The average Bonchev–Trinajstić information content (AvgIpc) is 2.89. The van der Waals surface area contributed by atoms with Crippen LogP contribution in [0.15, 0.2) is 42.7 Å². The predicted molar refractivity (Wildman–Crippen MR) is 132 cm³/mol. The first-order valence-corrected chi connectivity index (χ1v) is 12.3. The molecule has 4 aliphatic rings. The monoisotopic (exact) mass is 465 g/mol. The molecule has 9 heteroatoms. The summed E-state index contributed by atoms with van der Waals surface area (Å²) in [6.07, 6.45) is 6.08. The molecule has 4 unspecified atom stereocenters. The zero-order valence-electron chi connectivity index (χ0n) is 19.9. The standard InChI is InChI=1S/C25H35N7O2/c1-34-23-5-3-21(4-6-23)29-25(33)28-16-22-15-19-7-10-32(22)18-20(19)17-30-11-13-31(14-12-30)24-26-8-2-9-27-24/h2-6,8-9,19-20,22H,7,10-18H2,1H3,(H2,28,29,33). The van der Waals surface area contributed by atoms with Crippen LogP contribution in [0.2, 0.25) is 0 Å². The fourth-order valence-corrected chi connectivity index (χ4v) is 5.65. The van der Waals surface area contributed by atoms with Crippen molar-refractivity contribution in [2.24, 2.45) is 11.8 Å². The molecule has 1 aromatic heterocycles. The normalized spacial score (nSPS) is 26.8. The highest BCUT2D eigenvalue weighted by Gasteiger charge is 2.40. The van der Waals surface area contributed by atoms with Crippen LogP contribution in [0.4, 0.5) is 16.4 Å². The van der Waals surface area contributed by atoms with Crippen LogP contribution in [0.5, 0.6) is 5.75 Å². The summed E-state index contributed by atoms with van der Waals surface area (Å²) in [7, 11) is 1.63. The van der Waals surface area contributed by atoms with Crippen molar-refractivity contribution >= 4 is 17.7 Å². The Morgan fingerprint density at radius 1 is 1.09 bits per heavy atom. The van der Waals surface area contributed by atoms with Gasteiger partial charge in [0.1, 0.15) is 5.75 Å². The second-order valence-electron chi connectivity index (χ2n) is 9.59. The summed E-state index contributed by atoms with van der Waals surface area (Å²) < 4.78 is 5.16. The molecule has 6 rings (SSSR count). The van der Waals surface area contributed by atoms with Gasteiger partial charge in [0.05, 0.1) is 7.11 Å². The Morgan fingerprint density at radius 2 is 1.85 bits per heavy atom. The zero-order chi connectivity index (χ0) is 23.3. The molecule has 0 radical (unpaired) electrons. The number of piperazine rings is 1. The van der Waals surface area contributed by atoms with Gasteiger partial charge in [0.25, 0.3) is 0 Å². The number of anilines is 2. The second-order valence-corrected chi connectivity index (χ2v) is 9.59. The first-order chi connectivity index (χ1) is 16.7. The number of ether oxygens (including phenoxy) is 1. The molecule has 4 fully saturated rings. The summed E-state index contributed by atoms with van der Waals surface area (Å²) in [5.74, 6) is 3.09. The molecule has 4 aliphatic heterocycles. The molecule has 0 saturated carbocycles. The quantitative estimate of drug-likeness (QED) is 0.648. The fourth-order valence-electron chi connectivity index (χ4n) is 5.65. The van der Waals surface area contributed by atoms with Crippen LogP contribution in [-0.2, 0) is 0 Å². The number of nitrogens with one attached hydrogen (secondary N) is 2. The van der Waals surface area contributed by atoms with Gasteiger partial charge in [0, 0.05) is 69.9 Å². The van der Waals surface area contributed by atoms with E-state index in [4.69, 9.17) is 4.74 Å². The van der Waals surface area contributed by atoms with Gasteiger partial charge in [-0.05, 0) is 61.6 Å². The third-order valence-corrected chi connectivity index (χ3v) is 7.56. The summed E-state index contributed by atoms with van der Waals surface area (Å²) in [6.45, 7) is 8.26. The number of hydrogen-bond acceptors (Lipinski definition) is 7. The highest BCUT2D eigenvalue weighted by atomic mass is 16.5. The summed E-state index contributed by atoms with van der Waals surface area (Å²) in [5.41, 5.74) is 0.766. The van der Waals surface area contributed by atoms with Gasteiger partial charge in [-0.25, -0.2) is 14.8 Å². The number of benzene rings is 1. The summed E-state index contributed by atoms with van der Waals surface area (Å²) in [6, 6.07) is 9.54. The maximum absolute atomic E-state index is 12.4. The number of amides is 2. The summed E-state index contributed by atoms with van der Waals surface area (Å²) in [4.78, 5) is 28.7. The molecule has 0 spiro atoms. The number of methoxy groups -OCH3 is 1. The van der Waals surface area contributed by atoms with Gasteiger partial charge in [0.15, 0.2) is 0 Å². The van der Waals surface area contributed by atoms with Crippen LogP contribution in [0.3, 0.4) is 0 Å². The van der Waals surface area contributed by atoms with E-state index >= 15 is 0 Å². The van der Waals surface area contributed by atoms with Crippen molar-refractivity contribution in [3.05, 3.63) is 42.7 Å². The van der Waals surface area contributed by atoms with Crippen LogP contribution in [0.25, 0.3) is 0 Å². The van der Waals surface area contributed by atoms with Crippen molar-refractivity contribution in [2.75, 3.05) is 69.7 Å². The minimum Gasteiger partial charge on any atom is -0.497 e. The van der Waals surface area contributed by atoms with Gasteiger partial charge in [0.2, 0.25) is 5.95 Å². The van der Waals surface area contributed by atoms with E-state index in [0.29, 0.717) is 12.6 Å². The SMILES string of the molecule is COc1ccc(NC(=O)NCC2CC3CCN2CC3CN2CCN(c3ncccn3)CC2)cc1. The van der Waals surface area contributed by atoms with Crippen molar-refractivity contribution in [3.63, 3.8) is 0 Å². The van der Waals surface area contributed by atoms with Gasteiger partial charge in [-0.2, -0.15) is 0 Å². The molecular formula is C25H35N7O2. The summed E-state index contributed by atoms with van der Waals surface area (Å²) in [5, 5.41) is 5.99. The first-order valence-electron chi connectivity index (χ1n) is 12.3. The molecule has 2 bridgehead atoms. The lowest BCUT2D eigenvalue weighted by molar-refractivity contribution is -0.0114. The van der Waals surface area contributed by atoms with Crippen molar-refractivity contribution in [1.29, 1.82) is 0 Å². The lowest BCUT2D eigenvalue weighted by Crippen LogP contribution is -2.59. The highest BCUT2D eigenvalue weighted by Crippen LogP contribution is 2.36. The third kappa shape index (κ3) is 5.42. The maximum Gasteiger partial charge on any atom is 0.319 e. The number of piperidine rings is 3. The van der Waals surface area contributed by atoms with E-state index in [2.05, 4.69) is 35.3 Å².